The van der Waals surface area contributed by atoms with Gasteiger partial charge in [-0.2, -0.15) is 8.78 Å². The van der Waals surface area contributed by atoms with Crippen LogP contribution in [0.5, 0.6) is 5.88 Å². The van der Waals surface area contributed by atoms with E-state index in [1.807, 2.05) is 6.08 Å². The first-order valence-electron chi connectivity index (χ1n) is 18.8. The van der Waals surface area contributed by atoms with Crippen LogP contribution >= 0.6 is 0 Å². The second-order valence-electron chi connectivity index (χ2n) is 16.1. The van der Waals surface area contributed by atoms with Crippen molar-refractivity contribution in [1.29, 1.82) is 0 Å². The quantitative estimate of drug-likeness (QED) is 0.384. The highest BCUT2D eigenvalue weighted by Crippen LogP contribution is 2.46. The van der Waals surface area contributed by atoms with Gasteiger partial charge in [0.2, 0.25) is 27.7 Å². The molecule has 1 unspecified atom stereocenters. The van der Waals surface area contributed by atoms with Gasteiger partial charge in [-0.1, -0.05) is 57.0 Å². The van der Waals surface area contributed by atoms with E-state index in [0.29, 0.717) is 38.2 Å². The van der Waals surface area contributed by atoms with Gasteiger partial charge in [-0.3, -0.25) is 19.1 Å². The second kappa shape index (κ2) is 14.8. The van der Waals surface area contributed by atoms with Gasteiger partial charge in [0.15, 0.2) is 5.69 Å². The fourth-order valence-corrected chi connectivity index (χ4v) is 8.73. The monoisotopic (exact) mass is 784 g/mol. The Hall–Kier alpha value is -4.67. The zero-order valence-electron chi connectivity index (χ0n) is 30.8. The lowest BCUT2D eigenvalue weighted by molar-refractivity contribution is -0.134. The van der Waals surface area contributed by atoms with E-state index in [-0.39, 0.29) is 50.0 Å². The number of alkyl carbamates (subject to hydrolysis) is 1. The number of rotatable bonds is 3. The van der Waals surface area contributed by atoms with Crippen LogP contribution < -0.4 is 20.1 Å². The molecule has 14 nitrogen and oxygen atoms in total. The molecule has 0 radical (unpaired) electrons. The maximum absolute atomic E-state index is 16.2. The summed E-state index contributed by atoms with van der Waals surface area (Å²) in [6, 6.07) is 5.38. The Morgan fingerprint density at radius 3 is 2.49 bits per heavy atom. The molecule has 5 aliphatic rings. The number of ether oxygens (including phenoxy) is 2. The number of carbonyl (C=O) groups excluding carboxylic acids is 4. The average molecular weight is 785 g/mol. The average Bonchev–Trinajstić information content (AvgIpc) is 4.05. The molecule has 3 fully saturated rings. The summed E-state index contributed by atoms with van der Waals surface area (Å²) in [6.45, 7) is 2.86. The Morgan fingerprint density at radius 2 is 1.75 bits per heavy atom. The van der Waals surface area contributed by atoms with Crippen molar-refractivity contribution in [3.63, 3.8) is 0 Å². The van der Waals surface area contributed by atoms with Crippen molar-refractivity contribution in [3.8, 4) is 5.88 Å². The predicted molar refractivity (Wildman–Crippen MR) is 195 cm³/mol. The number of hydrogen-bond acceptors (Lipinski definition) is 10. The van der Waals surface area contributed by atoms with Crippen LogP contribution in [-0.4, -0.2) is 89.7 Å². The molecular weight excluding hydrogens is 739 g/mol. The van der Waals surface area contributed by atoms with Crippen LogP contribution in [0.4, 0.5) is 13.6 Å². The summed E-state index contributed by atoms with van der Waals surface area (Å²) >= 11 is 0. The highest BCUT2D eigenvalue weighted by Gasteiger charge is 2.62. The minimum absolute atomic E-state index is 0.0980. The number of aromatic nitrogens is 2. The van der Waals surface area contributed by atoms with Crippen molar-refractivity contribution in [2.45, 2.75) is 100 Å². The molecule has 7 rings (SSSR count). The van der Waals surface area contributed by atoms with E-state index < -0.39 is 91.5 Å². The Bertz CT molecular complexity index is 2040. The summed E-state index contributed by atoms with van der Waals surface area (Å²) in [5, 5.41) is 4.80. The van der Waals surface area contributed by atoms with Gasteiger partial charge in [-0.15, -0.1) is 0 Å². The van der Waals surface area contributed by atoms with E-state index in [0.717, 1.165) is 6.42 Å². The molecule has 1 saturated heterocycles. The van der Waals surface area contributed by atoms with E-state index >= 15 is 8.78 Å². The third-order valence-electron chi connectivity index (χ3n) is 10.9. The highest BCUT2D eigenvalue weighted by atomic mass is 32.2. The van der Waals surface area contributed by atoms with Gasteiger partial charge in [0.25, 0.3) is 5.91 Å². The van der Waals surface area contributed by atoms with Gasteiger partial charge in [0, 0.05) is 17.9 Å². The van der Waals surface area contributed by atoms with Crippen molar-refractivity contribution < 1.29 is 45.9 Å². The van der Waals surface area contributed by atoms with Crippen molar-refractivity contribution in [2.24, 2.45) is 17.3 Å². The lowest BCUT2D eigenvalue weighted by atomic mass is 9.90. The maximum Gasteiger partial charge on any atom is 0.407 e. The van der Waals surface area contributed by atoms with E-state index in [9.17, 15) is 27.6 Å². The third-order valence-corrected chi connectivity index (χ3v) is 12.7. The number of alkyl halides is 2. The molecule has 3 aliphatic heterocycles. The third kappa shape index (κ3) is 8.45. The number of sulfonamides is 1. The molecule has 2 aromatic rings. The van der Waals surface area contributed by atoms with Gasteiger partial charge < -0.3 is 25.0 Å². The van der Waals surface area contributed by atoms with Crippen LogP contribution in [0.3, 0.4) is 0 Å². The van der Waals surface area contributed by atoms with Crippen molar-refractivity contribution in [3.05, 3.63) is 54.3 Å². The summed E-state index contributed by atoms with van der Waals surface area (Å²) in [4.78, 5) is 65.4. The molecule has 55 heavy (non-hydrogen) atoms. The number of nitrogens with zero attached hydrogens (tertiary/aromatic N) is 3. The molecule has 17 heteroatoms. The molecule has 4 amide bonds. The van der Waals surface area contributed by atoms with Crippen LogP contribution in [0.25, 0.3) is 11.0 Å². The largest absolute Gasteiger partial charge is 0.470 e. The highest BCUT2D eigenvalue weighted by molar-refractivity contribution is 7.91. The van der Waals surface area contributed by atoms with Crippen molar-refractivity contribution in [1.82, 2.24) is 30.2 Å². The molecule has 1 aromatic carbocycles. The Labute approximate surface area is 317 Å². The summed E-state index contributed by atoms with van der Waals surface area (Å²) < 4.78 is 71.9. The van der Waals surface area contributed by atoms with Crippen LogP contribution in [-0.2, 0) is 35.1 Å². The zero-order chi connectivity index (χ0) is 39.2. The number of hydrogen-bond donors (Lipinski definition) is 3. The Kier molecular flexibility index (Phi) is 10.4. The van der Waals surface area contributed by atoms with E-state index in [4.69, 9.17) is 9.47 Å². The first kappa shape index (κ1) is 38.6. The van der Waals surface area contributed by atoms with E-state index in [1.165, 1.54) is 17.0 Å². The lowest BCUT2D eigenvalue weighted by Crippen LogP contribution is -2.55. The standard InChI is InChI=1S/C38H46F2N6O8S/c1-36(2)17-10-18-38(39,40)30-32(42-27-13-9-8-12-26(27)41-30)54-29-21-46-20-25(29)31(47)44-37(34(49)45-55(51,52)24-15-16-24)19-23(37)11-6-4-3-5-7-14-28(33(46)48)43-35(50)53-22-36/h6,8-13,18,23-25,28-29H,3-5,7,14-17,19-22H2,1-2H3,(H,43,50)(H,44,47)(H,45,49)/b11-6+,18-10+/t23-,25?,28+,29+,37+/m1/s1. The molecule has 2 saturated carbocycles. The maximum atomic E-state index is 16.2. The molecule has 3 N–H and O–H groups in total. The van der Waals surface area contributed by atoms with Crippen LogP contribution in [0.2, 0.25) is 0 Å². The minimum atomic E-state index is -3.96. The van der Waals surface area contributed by atoms with Gasteiger partial charge in [0.05, 0.1) is 35.4 Å². The fourth-order valence-electron chi connectivity index (χ4n) is 7.36. The molecule has 0 spiro atoms. The second-order valence-corrected chi connectivity index (χ2v) is 18.0. The van der Waals surface area contributed by atoms with Gasteiger partial charge >= 0.3 is 12.0 Å². The molecule has 2 aliphatic carbocycles. The van der Waals surface area contributed by atoms with Crippen LogP contribution in [0.15, 0.2) is 48.6 Å². The summed E-state index contributed by atoms with van der Waals surface area (Å²) in [7, 11) is -3.96. The smallest absolute Gasteiger partial charge is 0.407 e. The number of para-hydroxylation sites is 2. The summed E-state index contributed by atoms with van der Waals surface area (Å²) in [6.07, 6.45) is 7.54. The Morgan fingerprint density at radius 1 is 1.00 bits per heavy atom. The zero-order valence-corrected chi connectivity index (χ0v) is 31.6. The first-order chi connectivity index (χ1) is 26.1. The van der Waals surface area contributed by atoms with Gasteiger partial charge in [-0.05, 0) is 63.2 Å². The number of amides is 4. The van der Waals surface area contributed by atoms with Crippen molar-refractivity contribution in [2.75, 3.05) is 19.7 Å². The number of cyclic esters (lactones) is 1. The lowest BCUT2D eigenvalue weighted by Gasteiger charge is -2.26. The number of benzene rings is 1. The fraction of sp³-hybridized carbons (Fsp3) is 0.579. The molecule has 296 valence electrons. The van der Waals surface area contributed by atoms with Gasteiger partial charge in [0.1, 0.15) is 17.7 Å². The summed E-state index contributed by atoms with van der Waals surface area (Å²) in [5.74, 6) is -8.13. The molecule has 1 aromatic heterocycles. The SMILES string of the molecule is CC1(C)C/C=C/C(F)(F)c2nc3ccccc3nc2O[C@H]2CN3CC2C(=O)N[C@@]2(C(=O)NS(=O)(=O)C4CC4)C[C@H]2/C=C/CCCCC[C@H](NC(=O)OC1)C3=O. The topological polar surface area (TPSA) is 186 Å². The van der Waals surface area contributed by atoms with Gasteiger partial charge in [-0.25, -0.2) is 23.2 Å². The first-order valence-corrected chi connectivity index (χ1v) is 20.4. The van der Waals surface area contributed by atoms with E-state index in [1.54, 1.807) is 38.1 Å². The predicted octanol–water partition coefficient (Wildman–Crippen LogP) is 4.01. The molecule has 5 atom stereocenters. The Balaban J connectivity index is 1.29. The number of carbonyl (C=O) groups is 4. The van der Waals surface area contributed by atoms with E-state index in [2.05, 4.69) is 25.3 Å². The molecule has 4 bridgehead atoms. The summed E-state index contributed by atoms with van der Waals surface area (Å²) in [5.41, 5.74) is -2.71. The van der Waals surface area contributed by atoms with Crippen molar-refractivity contribution >= 4 is 44.9 Å². The van der Waals surface area contributed by atoms with Crippen LogP contribution in [0, 0.1) is 17.3 Å². The molecule has 4 heterocycles. The number of fused-ring (bicyclic) bond motifs is 7. The molecular formula is C38H46F2N6O8S. The van der Waals surface area contributed by atoms with Crippen LogP contribution in [0.1, 0.15) is 77.3 Å². The number of nitrogens with one attached hydrogen (secondary N) is 3. The number of allylic oxidation sites excluding steroid dienone is 3. The number of halogens is 2. The minimum Gasteiger partial charge on any atom is -0.470 e. The normalized spacial score (nSPS) is 31.1.